The fourth-order valence-electron chi connectivity index (χ4n) is 0.737. The molecule has 11 heavy (non-hydrogen) atoms. The van der Waals surface area contributed by atoms with Crippen molar-refractivity contribution in [3.05, 3.63) is 16.1 Å². The molecular weight excluding hydrogens is 164 g/mol. The van der Waals surface area contributed by atoms with Crippen LogP contribution in [0.1, 0.15) is 15.4 Å². The lowest BCUT2D eigenvalue weighted by Gasteiger charge is -1.94. The van der Waals surface area contributed by atoms with Crippen molar-refractivity contribution < 1.29 is 9.90 Å². The molecule has 0 spiro atoms. The van der Waals surface area contributed by atoms with Gasteiger partial charge in [-0.05, 0) is 7.05 Å². The van der Waals surface area contributed by atoms with Gasteiger partial charge in [0.15, 0.2) is 0 Å². The van der Waals surface area contributed by atoms with Crippen molar-refractivity contribution in [3.8, 4) is 0 Å². The van der Waals surface area contributed by atoms with Gasteiger partial charge in [0.05, 0.1) is 11.2 Å². The van der Waals surface area contributed by atoms with Gasteiger partial charge < -0.3 is 10.4 Å². The Balaban J connectivity index is 2.87. The zero-order valence-electron chi connectivity index (χ0n) is 6.00. The molecule has 0 aromatic carbocycles. The summed E-state index contributed by atoms with van der Waals surface area (Å²) in [6.45, 7) is 0.505. The highest BCUT2D eigenvalue weighted by Gasteiger charge is 2.11. The smallest absolute Gasteiger partial charge is 0.347 e. The number of thiazole rings is 1. The van der Waals surface area contributed by atoms with E-state index < -0.39 is 5.97 Å². The molecule has 1 aromatic heterocycles. The summed E-state index contributed by atoms with van der Waals surface area (Å²) in [6.07, 6.45) is 0. The molecule has 5 heteroatoms. The van der Waals surface area contributed by atoms with Crippen LogP contribution in [0.25, 0.3) is 0 Å². The van der Waals surface area contributed by atoms with Gasteiger partial charge in [-0.1, -0.05) is 0 Å². The third-order valence-electron chi connectivity index (χ3n) is 1.18. The molecular formula is C6H8N2O2S. The number of carbonyl (C=O) groups is 1. The van der Waals surface area contributed by atoms with E-state index in [1.165, 1.54) is 5.51 Å². The summed E-state index contributed by atoms with van der Waals surface area (Å²) in [5.74, 6) is -0.905. The summed E-state index contributed by atoms with van der Waals surface area (Å²) in [7, 11) is 1.75. The molecule has 0 saturated heterocycles. The highest BCUT2D eigenvalue weighted by Crippen LogP contribution is 2.12. The van der Waals surface area contributed by atoms with Crippen LogP contribution < -0.4 is 5.32 Å². The second kappa shape index (κ2) is 3.45. The molecule has 1 rings (SSSR count). The number of carboxylic acids is 1. The van der Waals surface area contributed by atoms with Crippen molar-refractivity contribution in [1.82, 2.24) is 10.3 Å². The molecule has 60 valence electrons. The zero-order valence-corrected chi connectivity index (χ0v) is 6.81. The van der Waals surface area contributed by atoms with E-state index in [0.717, 1.165) is 11.3 Å². The largest absolute Gasteiger partial charge is 0.477 e. The van der Waals surface area contributed by atoms with E-state index in [2.05, 4.69) is 10.3 Å². The number of aromatic nitrogens is 1. The molecule has 0 aliphatic heterocycles. The van der Waals surface area contributed by atoms with E-state index in [1.54, 1.807) is 7.05 Å². The Bertz CT molecular complexity index is 259. The van der Waals surface area contributed by atoms with E-state index in [1.807, 2.05) is 0 Å². The number of nitrogens with one attached hydrogen (secondary N) is 1. The molecule has 0 unspecified atom stereocenters. The Hall–Kier alpha value is -0.940. The van der Waals surface area contributed by atoms with E-state index in [9.17, 15) is 4.79 Å². The van der Waals surface area contributed by atoms with Gasteiger partial charge in [0.25, 0.3) is 0 Å². The number of aromatic carboxylic acids is 1. The molecule has 1 aromatic rings. The Labute approximate surface area is 67.9 Å². The van der Waals surface area contributed by atoms with E-state index in [4.69, 9.17) is 5.11 Å². The highest BCUT2D eigenvalue weighted by atomic mass is 32.1. The summed E-state index contributed by atoms with van der Waals surface area (Å²) in [5, 5.41) is 11.5. The van der Waals surface area contributed by atoms with Crippen molar-refractivity contribution in [1.29, 1.82) is 0 Å². The molecule has 4 nitrogen and oxygen atoms in total. The molecule has 1 heterocycles. The van der Waals surface area contributed by atoms with Gasteiger partial charge in [0.1, 0.15) is 4.88 Å². The van der Waals surface area contributed by atoms with Crippen LogP contribution >= 0.6 is 11.3 Å². The molecule has 0 amide bonds. The molecule has 0 saturated carbocycles. The lowest BCUT2D eigenvalue weighted by Crippen LogP contribution is -2.09. The van der Waals surface area contributed by atoms with Crippen LogP contribution in [0.4, 0.5) is 0 Å². The number of hydrogen-bond acceptors (Lipinski definition) is 4. The monoisotopic (exact) mass is 172 g/mol. The maximum atomic E-state index is 10.5. The lowest BCUT2D eigenvalue weighted by atomic mass is 10.3. The Morgan fingerprint density at radius 1 is 1.91 bits per heavy atom. The van der Waals surface area contributed by atoms with Gasteiger partial charge in [0, 0.05) is 6.54 Å². The topological polar surface area (TPSA) is 62.2 Å². The van der Waals surface area contributed by atoms with E-state index in [0.29, 0.717) is 17.1 Å². The molecule has 0 atom stereocenters. The average Bonchev–Trinajstić information content (AvgIpc) is 2.36. The van der Waals surface area contributed by atoms with E-state index >= 15 is 0 Å². The van der Waals surface area contributed by atoms with Crippen LogP contribution in [-0.4, -0.2) is 23.1 Å². The minimum Gasteiger partial charge on any atom is -0.477 e. The molecule has 0 aliphatic carbocycles. The Morgan fingerprint density at radius 3 is 3.18 bits per heavy atom. The van der Waals surface area contributed by atoms with Gasteiger partial charge in [0.2, 0.25) is 0 Å². The summed E-state index contributed by atoms with van der Waals surface area (Å²) in [5.41, 5.74) is 2.14. The second-order valence-corrected chi connectivity index (χ2v) is 2.82. The Morgan fingerprint density at radius 2 is 2.64 bits per heavy atom. The summed E-state index contributed by atoms with van der Waals surface area (Å²) >= 11 is 1.15. The number of nitrogens with zero attached hydrogens (tertiary/aromatic N) is 1. The number of hydrogen-bond donors (Lipinski definition) is 2. The van der Waals surface area contributed by atoms with Gasteiger partial charge >= 0.3 is 5.97 Å². The fourth-order valence-corrected chi connectivity index (χ4v) is 1.38. The van der Waals surface area contributed by atoms with Crippen molar-refractivity contribution in [3.63, 3.8) is 0 Å². The maximum absolute atomic E-state index is 10.5. The fraction of sp³-hybridized carbons (Fsp3) is 0.333. The molecule has 0 fully saturated rings. The highest BCUT2D eigenvalue weighted by molar-refractivity contribution is 7.11. The van der Waals surface area contributed by atoms with Crippen molar-refractivity contribution >= 4 is 17.3 Å². The lowest BCUT2D eigenvalue weighted by molar-refractivity contribution is 0.0700. The van der Waals surface area contributed by atoms with Crippen LogP contribution in [-0.2, 0) is 6.54 Å². The third kappa shape index (κ3) is 1.75. The van der Waals surface area contributed by atoms with E-state index in [-0.39, 0.29) is 0 Å². The van der Waals surface area contributed by atoms with Crippen LogP contribution in [0.3, 0.4) is 0 Å². The second-order valence-electron chi connectivity index (χ2n) is 1.96. The minimum atomic E-state index is -0.905. The van der Waals surface area contributed by atoms with Gasteiger partial charge in [-0.15, -0.1) is 11.3 Å². The first kappa shape index (κ1) is 8.16. The first-order valence-corrected chi connectivity index (χ1v) is 3.94. The minimum absolute atomic E-state index is 0.319. The standard InChI is InChI=1S/C6H8N2O2S/c1-7-2-4-5(6(9)10)11-3-8-4/h3,7H,2H2,1H3,(H,9,10). The average molecular weight is 172 g/mol. The molecule has 0 bridgehead atoms. The quantitative estimate of drug-likeness (QED) is 0.699. The summed E-state index contributed by atoms with van der Waals surface area (Å²) in [6, 6.07) is 0. The maximum Gasteiger partial charge on any atom is 0.347 e. The van der Waals surface area contributed by atoms with Crippen molar-refractivity contribution in [2.45, 2.75) is 6.54 Å². The number of carboxylic acid groups (broad SMARTS) is 1. The molecule has 2 N–H and O–H groups in total. The van der Waals surface area contributed by atoms with Crippen molar-refractivity contribution in [2.24, 2.45) is 0 Å². The van der Waals surface area contributed by atoms with Crippen LogP contribution in [0.5, 0.6) is 0 Å². The third-order valence-corrected chi connectivity index (χ3v) is 2.04. The Kier molecular flexibility index (Phi) is 2.56. The SMILES string of the molecule is CNCc1ncsc1C(=O)O. The molecule has 0 aliphatic rings. The normalized spacial score (nSPS) is 9.91. The van der Waals surface area contributed by atoms with Gasteiger partial charge in [-0.25, -0.2) is 9.78 Å². The zero-order chi connectivity index (χ0) is 8.27. The first-order valence-electron chi connectivity index (χ1n) is 3.06. The van der Waals surface area contributed by atoms with Crippen LogP contribution in [0.15, 0.2) is 5.51 Å². The predicted octanol–water partition coefficient (Wildman–Crippen LogP) is 0.561. The number of rotatable bonds is 3. The van der Waals surface area contributed by atoms with Crippen LogP contribution in [0, 0.1) is 0 Å². The molecule has 0 radical (unpaired) electrons. The summed E-state index contributed by atoms with van der Waals surface area (Å²) < 4.78 is 0. The van der Waals surface area contributed by atoms with Gasteiger partial charge in [-0.3, -0.25) is 0 Å². The predicted molar refractivity (Wildman–Crippen MR) is 41.8 cm³/mol. The van der Waals surface area contributed by atoms with Gasteiger partial charge in [-0.2, -0.15) is 0 Å². The van der Waals surface area contributed by atoms with Crippen molar-refractivity contribution in [2.75, 3.05) is 7.05 Å². The first-order chi connectivity index (χ1) is 5.25. The van der Waals surface area contributed by atoms with Crippen LogP contribution in [0.2, 0.25) is 0 Å². The summed E-state index contributed by atoms with van der Waals surface area (Å²) in [4.78, 5) is 14.7.